The lowest BCUT2D eigenvalue weighted by Crippen LogP contribution is -2.06. The Morgan fingerprint density at radius 2 is 2.20 bits per heavy atom. The van der Waals surface area contributed by atoms with Crippen molar-refractivity contribution in [3.63, 3.8) is 0 Å². The molecule has 2 nitrogen and oxygen atoms in total. The van der Waals surface area contributed by atoms with E-state index in [4.69, 9.17) is 9.47 Å². The Bertz CT molecular complexity index is 58.3. The third kappa shape index (κ3) is 3.85. The Morgan fingerprint density at radius 3 is 2.60 bits per heavy atom. The summed E-state index contributed by atoms with van der Waals surface area (Å²) < 4.78 is 10.1. The molecule has 1 aliphatic rings. The first-order valence-corrected chi connectivity index (χ1v) is 4.00. The van der Waals surface area contributed by atoms with Gasteiger partial charge in [0.1, 0.15) is 0 Å². The van der Waals surface area contributed by atoms with Gasteiger partial charge >= 0.3 is 0 Å². The Kier molecular flexibility index (Phi) is 6.98. The van der Waals surface area contributed by atoms with Crippen LogP contribution >= 0.6 is 0 Å². The number of hydrogen-bond acceptors (Lipinski definition) is 2. The second-order valence-electron chi connectivity index (χ2n) is 2.18. The lowest BCUT2D eigenvalue weighted by molar-refractivity contribution is 0.129. The maximum Gasteiger partial charge on any atom is 0.0517 e. The van der Waals surface area contributed by atoms with Crippen molar-refractivity contribution >= 4 is 0 Å². The van der Waals surface area contributed by atoms with Crippen molar-refractivity contribution in [2.24, 2.45) is 5.92 Å². The Balaban J connectivity index is 0.000000371. The van der Waals surface area contributed by atoms with Gasteiger partial charge in [-0.05, 0) is 6.42 Å². The zero-order valence-electron chi connectivity index (χ0n) is 7.22. The zero-order chi connectivity index (χ0) is 7.82. The van der Waals surface area contributed by atoms with E-state index in [1.165, 1.54) is 6.42 Å². The maximum absolute atomic E-state index is 5.13. The van der Waals surface area contributed by atoms with Crippen LogP contribution in [0.4, 0.5) is 0 Å². The van der Waals surface area contributed by atoms with Gasteiger partial charge in [-0.3, -0.25) is 0 Å². The minimum atomic E-state index is 0.667. The molecule has 0 saturated carbocycles. The van der Waals surface area contributed by atoms with Crippen molar-refractivity contribution in [1.29, 1.82) is 0 Å². The fraction of sp³-hybridized carbons (Fsp3) is 1.00. The average molecular weight is 146 g/mol. The molecule has 62 valence electrons. The van der Waals surface area contributed by atoms with E-state index in [-0.39, 0.29) is 0 Å². The Labute approximate surface area is 63.5 Å². The van der Waals surface area contributed by atoms with E-state index in [1.807, 2.05) is 13.8 Å². The molecule has 1 aliphatic heterocycles. The number of hydrogen-bond donors (Lipinski definition) is 0. The molecular weight excluding hydrogens is 128 g/mol. The van der Waals surface area contributed by atoms with Crippen molar-refractivity contribution in [1.82, 2.24) is 0 Å². The first-order valence-electron chi connectivity index (χ1n) is 4.00. The second-order valence-corrected chi connectivity index (χ2v) is 2.18. The topological polar surface area (TPSA) is 18.5 Å². The highest BCUT2D eigenvalue weighted by molar-refractivity contribution is 4.61. The fourth-order valence-corrected chi connectivity index (χ4v) is 0.950. The molecule has 0 radical (unpaired) electrons. The van der Waals surface area contributed by atoms with Crippen LogP contribution in [0.15, 0.2) is 0 Å². The molecule has 0 aromatic rings. The van der Waals surface area contributed by atoms with Crippen LogP contribution in [0.1, 0.15) is 20.3 Å². The second kappa shape index (κ2) is 7.03. The Morgan fingerprint density at radius 1 is 1.50 bits per heavy atom. The van der Waals surface area contributed by atoms with Gasteiger partial charge in [-0.1, -0.05) is 13.8 Å². The molecule has 1 atom stereocenters. The van der Waals surface area contributed by atoms with Crippen LogP contribution in [0.2, 0.25) is 0 Å². The highest BCUT2D eigenvalue weighted by Crippen LogP contribution is 2.11. The summed E-state index contributed by atoms with van der Waals surface area (Å²) in [5, 5.41) is 0. The van der Waals surface area contributed by atoms with Gasteiger partial charge < -0.3 is 9.47 Å². The summed E-state index contributed by atoms with van der Waals surface area (Å²) in [7, 11) is 1.73. The molecule has 0 aromatic carbocycles. The van der Waals surface area contributed by atoms with Crippen LogP contribution in [0.25, 0.3) is 0 Å². The summed E-state index contributed by atoms with van der Waals surface area (Å²) in [6.07, 6.45) is 1.17. The first-order chi connectivity index (χ1) is 4.93. The van der Waals surface area contributed by atoms with E-state index < -0.39 is 0 Å². The van der Waals surface area contributed by atoms with Gasteiger partial charge in [0, 0.05) is 19.6 Å². The monoisotopic (exact) mass is 146 g/mol. The van der Waals surface area contributed by atoms with Gasteiger partial charge in [0.2, 0.25) is 0 Å². The van der Waals surface area contributed by atoms with Crippen molar-refractivity contribution < 1.29 is 9.47 Å². The first kappa shape index (κ1) is 9.92. The maximum atomic E-state index is 5.13. The molecule has 1 heterocycles. The highest BCUT2D eigenvalue weighted by Gasteiger charge is 2.14. The number of methoxy groups -OCH3 is 1. The third-order valence-electron chi connectivity index (χ3n) is 1.43. The third-order valence-corrected chi connectivity index (χ3v) is 1.43. The predicted molar refractivity (Wildman–Crippen MR) is 42.2 cm³/mol. The standard InChI is InChI=1S/C6H12O2.C2H6/c1-7-4-6-2-3-8-5-6;1-2/h6H,2-5H2,1H3;1-2H3. The van der Waals surface area contributed by atoms with Crippen molar-refractivity contribution in [3.05, 3.63) is 0 Å². The SMILES string of the molecule is CC.COCC1CCOC1. The quantitative estimate of drug-likeness (QED) is 0.590. The van der Waals surface area contributed by atoms with Crippen molar-refractivity contribution in [2.75, 3.05) is 26.9 Å². The Hall–Kier alpha value is -0.0800. The summed E-state index contributed by atoms with van der Waals surface area (Å²) in [5.74, 6) is 0.667. The van der Waals surface area contributed by atoms with E-state index in [0.29, 0.717) is 5.92 Å². The molecule has 0 aromatic heterocycles. The lowest BCUT2D eigenvalue weighted by atomic mass is 10.1. The zero-order valence-corrected chi connectivity index (χ0v) is 7.22. The van der Waals surface area contributed by atoms with Gasteiger partial charge in [0.25, 0.3) is 0 Å². The van der Waals surface area contributed by atoms with E-state index in [9.17, 15) is 0 Å². The highest BCUT2D eigenvalue weighted by atomic mass is 16.5. The molecule has 10 heavy (non-hydrogen) atoms. The van der Waals surface area contributed by atoms with Crippen molar-refractivity contribution in [3.8, 4) is 0 Å². The largest absolute Gasteiger partial charge is 0.384 e. The lowest BCUT2D eigenvalue weighted by Gasteiger charge is -2.02. The molecule has 0 spiro atoms. The number of ether oxygens (including phenoxy) is 2. The van der Waals surface area contributed by atoms with Gasteiger partial charge in [0.05, 0.1) is 13.2 Å². The van der Waals surface area contributed by atoms with Gasteiger partial charge in [0.15, 0.2) is 0 Å². The van der Waals surface area contributed by atoms with Gasteiger partial charge in [-0.2, -0.15) is 0 Å². The predicted octanol–water partition coefficient (Wildman–Crippen LogP) is 1.70. The minimum Gasteiger partial charge on any atom is -0.384 e. The van der Waals surface area contributed by atoms with Crippen LogP contribution in [-0.2, 0) is 9.47 Å². The average Bonchev–Trinajstić information content (AvgIpc) is 2.46. The van der Waals surface area contributed by atoms with E-state index in [0.717, 1.165) is 19.8 Å². The molecule has 0 N–H and O–H groups in total. The van der Waals surface area contributed by atoms with Crippen LogP contribution in [0.3, 0.4) is 0 Å². The molecule has 0 aliphatic carbocycles. The fourth-order valence-electron chi connectivity index (χ4n) is 0.950. The van der Waals surface area contributed by atoms with Crippen LogP contribution in [-0.4, -0.2) is 26.9 Å². The normalized spacial score (nSPS) is 23.7. The van der Waals surface area contributed by atoms with Gasteiger partial charge in [-0.15, -0.1) is 0 Å². The molecule has 2 heteroatoms. The van der Waals surface area contributed by atoms with Crippen molar-refractivity contribution in [2.45, 2.75) is 20.3 Å². The molecule has 1 saturated heterocycles. The van der Waals surface area contributed by atoms with Crippen LogP contribution in [0.5, 0.6) is 0 Å². The molecule has 0 amide bonds. The van der Waals surface area contributed by atoms with E-state index >= 15 is 0 Å². The molecule has 1 unspecified atom stereocenters. The molecule has 1 rings (SSSR count). The summed E-state index contributed by atoms with van der Waals surface area (Å²) in [5.41, 5.74) is 0. The van der Waals surface area contributed by atoms with Crippen LogP contribution < -0.4 is 0 Å². The summed E-state index contributed by atoms with van der Waals surface area (Å²) in [6, 6.07) is 0. The van der Waals surface area contributed by atoms with E-state index in [1.54, 1.807) is 7.11 Å². The van der Waals surface area contributed by atoms with Gasteiger partial charge in [-0.25, -0.2) is 0 Å². The summed E-state index contributed by atoms with van der Waals surface area (Å²) >= 11 is 0. The smallest absolute Gasteiger partial charge is 0.0517 e. The number of rotatable bonds is 2. The van der Waals surface area contributed by atoms with E-state index in [2.05, 4.69) is 0 Å². The molecular formula is C8H18O2. The summed E-state index contributed by atoms with van der Waals surface area (Å²) in [4.78, 5) is 0. The summed E-state index contributed by atoms with van der Waals surface area (Å²) in [6.45, 7) is 6.68. The molecule has 0 bridgehead atoms. The van der Waals surface area contributed by atoms with Crippen LogP contribution in [0, 0.1) is 5.92 Å². The minimum absolute atomic E-state index is 0.667. The molecule has 1 fully saturated rings.